The van der Waals surface area contributed by atoms with Crippen molar-refractivity contribution < 1.29 is 17.9 Å². The Morgan fingerprint density at radius 1 is 1.03 bits per heavy atom. The molecule has 0 bridgehead atoms. The van der Waals surface area contributed by atoms with Crippen LogP contribution in [-0.2, 0) is 14.8 Å². The molecule has 0 aromatic heterocycles. The fraction of sp³-hybridized carbons (Fsp3) is 0.435. The van der Waals surface area contributed by atoms with E-state index in [1.807, 2.05) is 6.92 Å². The first-order chi connectivity index (χ1) is 14.8. The predicted molar refractivity (Wildman–Crippen MR) is 121 cm³/mol. The van der Waals surface area contributed by atoms with Gasteiger partial charge in [-0.05, 0) is 81.3 Å². The summed E-state index contributed by atoms with van der Waals surface area (Å²) in [6, 6.07) is 11.9. The standard InChI is InChI=1S/C23H29N3O4S/c1-17-16-21(9-10-22(17)26-13-3-4-23(26)27)31(28,29)24-18-5-7-19(8-6-18)30-20-11-14-25(2)15-12-20/h5-10,16,20,24H,3-4,11-15H2,1-2H3. The van der Waals surface area contributed by atoms with Crippen LogP contribution in [0.5, 0.6) is 5.75 Å². The summed E-state index contributed by atoms with van der Waals surface area (Å²) in [5, 5.41) is 0. The fourth-order valence-corrected chi connectivity index (χ4v) is 5.25. The smallest absolute Gasteiger partial charge is 0.261 e. The maximum atomic E-state index is 12.9. The highest BCUT2D eigenvalue weighted by Gasteiger charge is 2.24. The number of hydrogen-bond donors (Lipinski definition) is 1. The third-order valence-corrected chi connectivity index (χ3v) is 7.30. The molecule has 31 heavy (non-hydrogen) atoms. The normalized spacial score (nSPS) is 18.4. The molecule has 0 saturated carbocycles. The van der Waals surface area contributed by atoms with E-state index in [0.717, 1.165) is 49.4 Å². The van der Waals surface area contributed by atoms with Gasteiger partial charge in [0.15, 0.2) is 0 Å². The summed E-state index contributed by atoms with van der Waals surface area (Å²) in [7, 11) is -1.63. The van der Waals surface area contributed by atoms with Gasteiger partial charge in [-0.15, -0.1) is 0 Å². The molecule has 2 aliphatic heterocycles. The lowest BCUT2D eigenvalue weighted by Gasteiger charge is -2.29. The topological polar surface area (TPSA) is 79.0 Å². The average molecular weight is 444 g/mol. The van der Waals surface area contributed by atoms with Gasteiger partial charge in [0.25, 0.3) is 10.0 Å². The van der Waals surface area contributed by atoms with Crippen LogP contribution in [0, 0.1) is 6.92 Å². The van der Waals surface area contributed by atoms with Crippen molar-refractivity contribution in [2.45, 2.75) is 43.6 Å². The van der Waals surface area contributed by atoms with Crippen LogP contribution in [0.2, 0.25) is 0 Å². The Hall–Kier alpha value is -2.58. The van der Waals surface area contributed by atoms with Crippen molar-refractivity contribution in [2.75, 3.05) is 36.3 Å². The molecule has 0 aliphatic carbocycles. The largest absolute Gasteiger partial charge is 0.490 e. The molecule has 0 spiro atoms. The van der Waals surface area contributed by atoms with Crippen molar-refractivity contribution in [3.05, 3.63) is 48.0 Å². The lowest BCUT2D eigenvalue weighted by molar-refractivity contribution is -0.117. The number of anilines is 2. The molecule has 166 valence electrons. The van der Waals surface area contributed by atoms with E-state index in [1.54, 1.807) is 47.4 Å². The van der Waals surface area contributed by atoms with Crippen LogP contribution < -0.4 is 14.4 Å². The number of benzene rings is 2. The van der Waals surface area contributed by atoms with Crippen molar-refractivity contribution in [2.24, 2.45) is 0 Å². The van der Waals surface area contributed by atoms with Crippen LogP contribution >= 0.6 is 0 Å². The highest BCUT2D eigenvalue weighted by Crippen LogP contribution is 2.28. The zero-order chi connectivity index (χ0) is 22.0. The van der Waals surface area contributed by atoms with E-state index < -0.39 is 10.0 Å². The first kappa shape index (κ1) is 21.6. The number of rotatable bonds is 6. The molecular formula is C23H29N3O4S. The van der Waals surface area contributed by atoms with Crippen LogP contribution in [0.4, 0.5) is 11.4 Å². The van der Waals surface area contributed by atoms with Gasteiger partial charge in [-0.25, -0.2) is 8.42 Å². The van der Waals surface area contributed by atoms with E-state index in [4.69, 9.17) is 4.74 Å². The molecule has 2 fully saturated rings. The Morgan fingerprint density at radius 2 is 1.74 bits per heavy atom. The molecule has 2 aliphatic rings. The number of amides is 1. The van der Waals surface area contributed by atoms with Gasteiger partial charge < -0.3 is 14.5 Å². The van der Waals surface area contributed by atoms with Gasteiger partial charge in [-0.1, -0.05) is 0 Å². The minimum absolute atomic E-state index is 0.0828. The number of aryl methyl sites for hydroxylation is 1. The first-order valence-corrected chi connectivity index (χ1v) is 12.2. The third-order valence-electron chi connectivity index (χ3n) is 5.92. The second-order valence-electron chi connectivity index (χ2n) is 8.35. The Morgan fingerprint density at radius 3 is 2.35 bits per heavy atom. The number of hydrogen-bond acceptors (Lipinski definition) is 5. The van der Waals surface area contributed by atoms with Gasteiger partial charge in [-0.2, -0.15) is 0 Å². The number of nitrogens with zero attached hydrogens (tertiary/aromatic N) is 2. The molecule has 7 nitrogen and oxygen atoms in total. The molecule has 8 heteroatoms. The molecule has 2 heterocycles. The van der Waals surface area contributed by atoms with E-state index >= 15 is 0 Å². The maximum absolute atomic E-state index is 12.9. The Balaban J connectivity index is 1.42. The quantitative estimate of drug-likeness (QED) is 0.740. The summed E-state index contributed by atoms with van der Waals surface area (Å²) in [5.74, 6) is 0.826. The summed E-state index contributed by atoms with van der Waals surface area (Å²) in [6.45, 7) is 4.55. The minimum Gasteiger partial charge on any atom is -0.490 e. The van der Waals surface area contributed by atoms with E-state index in [-0.39, 0.29) is 16.9 Å². The van der Waals surface area contributed by atoms with Crippen molar-refractivity contribution in [1.82, 2.24) is 4.90 Å². The second kappa shape index (κ2) is 8.88. The molecule has 1 N–H and O–H groups in total. The number of likely N-dealkylation sites (tertiary alicyclic amines) is 1. The van der Waals surface area contributed by atoms with Crippen molar-refractivity contribution >= 4 is 27.3 Å². The zero-order valence-corrected chi connectivity index (χ0v) is 18.8. The summed E-state index contributed by atoms with van der Waals surface area (Å²) in [4.78, 5) is 16.2. The Kier molecular flexibility index (Phi) is 6.20. The van der Waals surface area contributed by atoms with Crippen LogP contribution in [0.25, 0.3) is 0 Å². The minimum atomic E-state index is -3.74. The van der Waals surface area contributed by atoms with E-state index in [0.29, 0.717) is 18.7 Å². The monoisotopic (exact) mass is 443 g/mol. The second-order valence-corrected chi connectivity index (χ2v) is 10.0. The molecule has 2 aromatic rings. The molecule has 2 aromatic carbocycles. The van der Waals surface area contributed by atoms with Gasteiger partial charge in [0.05, 0.1) is 4.90 Å². The van der Waals surface area contributed by atoms with Crippen molar-refractivity contribution in [3.63, 3.8) is 0 Å². The van der Waals surface area contributed by atoms with E-state index in [9.17, 15) is 13.2 Å². The molecule has 0 unspecified atom stereocenters. The number of carbonyl (C=O) groups is 1. The van der Waals surface area contributed by atoms with Crippen LogP contribution in [0.3, 0.4) is 0 Å². The summed E-state index contributed by atoms with van der Waals surface area (Å²) >= 11 is 0. The third kappa shape index (κ3) is 5.02. The molecule has 0 atom stereocenters. The van der Waals surface area contributed by atoms with Gasteiger partial charge in [-0.3, -0.25) is 9.52 Å². The lowest BCUT2D eigenvalue weighted by atomic mass is 10.1. The predicted octanol–water partition coefficient (Wildman–Crippen LogP) is 3.40. The van der Waals surface area contributed by atoms with E-state index in [1.165, 1.54) is 0 Å². The number of sulfonamides is 1. The Bertz CT molecular complexity index is 1040. The summed E-state index contributed by atoms with van der Waals surface area (Å²) in [6.07, 6.45) is 3.55. The lowest BCUT2D eigenvalue weighted by Crippen LogP contribution is -2.35. The molecule has 1 amide bonds. The maximum Gasteiger partial charge on any atom is 0.261 e. The summed E-state index contributed by atoms with van der Waals surface area (Å²) in [5.41, 5.74) is 2.02. The van der Waals surface area contributed by atoms with Gasteiger partial charge >= 0.3 is 0 Å². The summed E-state index contributed by atoms with van der Waals surface area (Å²) < 4.78 is 34.4. The number of carbonyl (C=O) groups excluding carboxylic acids is 1. The molecule has 4 rings (SSSR count). The van der Waals surface area contributed by atoms with Crippen molar-refractivity contribution in [1.29, 1.82) is 0 Å². The van der Waals surface area contributed by atoms with Gasteiger partial charge in [0, 0.05) is 37.4 Å². The number of ether oxygens (including phenoxy) is 1. The SMILES string of the molecule is Cc1cc(S(=O)(=O)Nc2ccc(OC3CCN(C)CC3)cc2)ccc1N1CCCC1=O. The number of piperidine rings is 1. The fourth-order valence-electron chi connectivity index (χ4n) is 4.11. The molecule has 2 saturated heterocycles. The zero-order valence-electron chi connectivity index (χ0n) is 18.0. The molecular weight excluding hydrogens is 414 g/mol. The van der Waals surface area contributed by atoms with Crippen molar-refractivity contribution in [3.8, 4) is 5.75 Å². The molecule has 0 radical (unpaired) electrons. The van der Waals surface area contributed by atoms with Gasteiger partial charge in [0.2, 0.25) is 5.91 Å². The van der Waals surface area contributed by atoms with Crippen LogP contribution in [-0.4, -0.2) is 52.0 Å². The van der Waals surface area contributed by atoms with Gasteiger partial charge in [0.1, 0.15) is 11.9 Å². The van der Waals surface area contributed by atoms with E-state index in [2.05, 4.69) is 16.7 Å². The number of nitrogens with one attached hydrogen (secondary N) is 1. The highest BCUT2D eigenvalue weighted by atomic mass is 32.2. The highest BCUT2D eigenvalue weighted by molar-refractivity contribution is 7.92. The first-order valence-electron chi connectivity index (χ1n) is 10.7. The van der Waals surface area contributed by atoms with Crippen LogP contribution in [0.1, 0.15) is 31.2 Å². The van der Waals surface area contributed by atoms with Crippen LogP contribution in [0.15, 0.2) is 47.4 Å². The average Bonchev–Trinajstić information content (AvgIpc) is 3.16. The Labute approximate surface area is 184 Å².